The lowest BCUT2D eigenvalue weighted by Crippen LogP contribution is -2.10. The quantitative estimate of drug-likeness (QED) is 0.300. The van der Waals surface area contributed by atoms with Gasteiger partial charge in [-0.25, -0.2) is 0 Å². The highest BCUT2D eigenvalue weighted by Crippen LogP contribution is 2.31. The van der Waals surface area contributed by atoms with Crippen molar-refractivity contribution >= 4 is 44.8 Å². The van der Waals surface area contributed by atoms with E-state index in [1.165, 1.54) is 23.4 Å². The van der Waals surface area contributed by atoms with Gasteiger partial charge in [0.2, 0.25) is 0 Å². The van der Waals surface area contributed by atoms with Gasteiger partial charge in [-0.05, 0) is 66.6 Å². The summed E-state index contributed by atoms with van der Waals surface area (Å²) in [6.07, 6.45) is 1.23. The number of hydrogen-bond acceptors (Lipinski definition) is 3. The zero-order valence-electron chi connectivity index (χ0n) is 16.5. The van der Waals surface area contributed by atoms with Crippen LogP contribution in [0.3, 0.4) is 0 Å². The molecule has 0 saturated carbocycles. The largest absolute Gasteiger partial charge is 0.368 e. The number of carbonyl (C=O) groups is 1. The van der Waals surface area contributed by atoms with Crippen molar-refractivity contribution in [2.45, 2.75) is 11.8 Å². The summed E-state index contributed by atoms with van der Waals surface area (Å²) in [5, 5.41) is 0.0220. The Morgan fingerprint density at radius 3 is 2.20 bits per heavy atom. The summed E-state index contributed by atoms with van der Waals surface area (Å²) in [6, 6.07) is 15.2. The molecule has 0 radical (unpaired) electrons. The zero-order valence-corrected chi connectivity index (χ0v) is 18.8. The van der Waals surface area contributed by atoms with Gasteiger partial charge in [-0.1, -0.05) is 23.7 Å². The molecule has 0 fully saturated rings. The molecule has 0 aliphatic rings. The minimum absolute atomic E-state index is 0.0656. The molecule has 30 heavy (non-hydrogen) atoms. The molecule has 6 nitrogen and oxygen atoms in total. The van der Waals surface area contributed by atoms with E-state index < -0.39 is 15.3 Å². The molecule has 0 saturated heterocycles. The second kappa shape index (κ2) is 8.63. The van der Waals surface area contributed by atoms with Gasteiger partial charge in [0.1, 0.15) is 6.34 Å². The zero-order chi connectivity index (χ0) is 22.1. The molecule has 0 atom stereocenters. The summed E-state index contributed by atoms with van der Waals surface area (Å²) in [6.45, 7) is 1.78. The normalized spacial score (nSPS) is 11.8. The van der Waals surface area contributed by atoms with E-state index in [1.807, 2.05) is 16.7 Å². The molecule has 0 aliphatic carbocycles. The van der Waals surface area contributed by atoms with Crippen molar-refractivity contribution in [3.8, 4) is 16.9 Å². The van der Waals surface area contributed by atoms with E-state index in [4.69, 9.17) is 23.2 Å². The van der Waals surface area contributed by atoms with Crippen LogP contribution in [0.1, 0.15) is 16.1 Å². The standard InChI is InChI=1S/C21H19Cl2N3O3S/c1-14-19(21(23)27)12-20(15-4-6-16(22)7-5-15)26(14)17-8-10-18(11-9-17)30(28,29)24-13-25(2)3/h4-13H,1-3H3/b24-13+. The molecule has 3 rings (SSSR count). The molecule has 0 bridgehead atoms. The maximum absolute atomic E-state index is 12.4. The van der Waals surface area contributed by atoms with Gasteiger partial charge in [0.05, 0.1) is 16.2 Å². The summed E-state index contributed by atoms with van der Waals surface area (Å²) in [7, 11) is -0.440. The molecule has 0 N–H and O–H groups in total. The van der Waals surface area contributed by atoms with Crippen molar-refractivity contribution in [3.63, 3.8) is 0 Å². The van der Waals surface area contributed by atoms with Crippen molar-refractivity contribution in [1.29, 1.82) is 0 Å². The van der Waals surface area contributed by atoms with Crippen LogP contribution in [0.25, 0.3) is 16.9 Å². The van der Waals surface area contributed by atoms with Crippen LogP contribution in [0.5, 0.6) is 0 Å². The maximum atomic E-state index is 12.4. The minimum Gasteiger partial charge on any atom is -0.368 e. The van der Waals surface area contributed by atoms with Crippen LogP contribution < -0.4 is 0 Å². The summed E-state index contributed by atoms with van der Waals surface area (Å²) < 4.78 is 30.2. The Kier molecular flexibility index (Phi) is 6.36. The Labute approximate surface area is 185 Å². The van der Waals surface area contributed by atoms with Gasteiger partial charge < -0.3 is 9.47 Å². The van der Waals surface area contributed by atoms with Crippen molar-refractivity contribution < 1.29 is 13.2 Å². The minimum atomic E-state index is -3.81. The van der Waals surface area contributed by atoms with E-state index in [2.05, 4.69) is 4.40 Å². The molecule has 1 heterocycles. The fourth-order valence-corrected chi connectivity index (χ4v) is 4.19. The smallest absolute Gasteiger partial charge is 0.283 e. The number of nitrogens with zero attached hydrogens (tertiary/aromatic N) is 3. The summed E-state index contributed by atoms with van der Waals surface area (Å²) >= 11 is 11.8. The lowest BCUT2D eigenvalue weighted by Gasteiger charge is -2.13. The van der Waals surface area contributed by atoms with Crippen molar-refractivity contribution in [3.05, 3.63) is 70.9 Å². The first-order valence-electron chi connectivity index (χ1n) is 8.85. The number of halogens is 2. The molecule has 0 aliphatic heterocycles. The highest BCUT2D eigenvalue weighted by molar-refractivity contribution is 7.90. The molecule has 2 aromatic carbocycles. The molecule has 0 amide bonds. The third-order valence-corrected chi connectivity index (χ3v) is 6.10. The fourth-order valence-electron chi connectivity index (χ4n) is 2.96. The summed E-state index contributed by atoms with van der Waals surface area (Å²) in [5.74, 6) is 0. The average Bonchev–Trinajstić information content (AvgIpc) is 3.04. The van der Waals surface area contributed by atoms with Gasteiger partial charge in [-0.2, -0.15) is 8.42 Å². The Balaban J connectivity index is 2.11. The molecule has 0 unspecified atom stereocenters. The van der Waals surface area contributed by atoms with Crippen LogP contribution in [0, 0.1) is 6.92 Å². The third-order valence-electron chi connectivity index (χ3n) is 4.41. The van der Waals surface area contributed by atoms with Crippen molar-refractivity contribution in [2.75, 3.05) is 14.1 Å². The second-order valence-corrected chi connectivity index (χ2v) is 9.21. The first-order valence-corrected chi connectivity index (χ1v) is 11.0. The Bertz CT molecular complexity index is 1210. The number of sulfonamides is 1. The third kappa shape index (κ3) is 4.59. The van der Waals surface area contributed by atoms with Crippen LogP contribution in [0.2, 0.25) is 5.02 Å². The second-order valence-electron chi connectivity index (χ2n) is 6.80. The Hall–Kier alpha value is -2.61. The lowest BCUT2D eigenvalue weighted by molar-refractivity contribution is 0.108. The van der Waals surface area contributed by atoms with Crippen LogP contribution in [0.15, 0.2) is 63.9 Å². The van der Waals surface area contributed by atoms with Crippen LogP contribution >= 0.6 is 23.2 Å². The highest BCUT2D eigenvalue weighted by atomic mass is 35.5. The van der Waals surface area contributed by atoms with Gasteiger partial charge >= 0.3 is 0 Å². The molecule has 9 heteroatoms. The number of benzene rings is 2. The van der Waals surface area contributed by atoms with E-state index in [-0.39, 0.29) is 4.90 Å². The fraction of sp³-hybridized carbons (Fsp3) is 0.143. The number of rotatable bonds is 6. The average molecular weight is 464 g/mol. The van der Waals surface area contributed by atoms with E-state index >= 15 is 0 Å². The number of aromatic nitrogens is 1. The van der Waals surface area contributed by atoms with Gasteiger partial charge in [0, 0.05) is 30.5 Å². The van der Waals surface area contributed by atoms with E-state index in [1.54, 1.807) is 51.4 Å². The Morgan fingerprint density at radius 1 is 1.07 bits per heavy atom. The highest BCUT2D eigenvalue weighted by Gasteiger charge is 2.19. The molecular weight excluding hydrogens is 445 g/mol. The van der Waals surface area contributed by atoms with E-state index in [0.29, 0.717) is 22.0 Å². The van der Waals surface area contributed by atoms with Crippen LogP contribution in [0.4, 0.5) is 0 Å². The monoisotopic (exact) mass is 463 g/mol. The van der Waals surface area contributed by atoms with Crippen LogP contribution in [-0.2, 0) is 10.0 Å². The SMILES string of the molecule is Cc1c(C(=O)Cl)cc(-c2ccc(Cl)cc2)n1-c1ccc(S(=O)(=O)/N=C/N(C)C)cc1. The molecule has 1 aromatic heterocycles. The number of hydrogen-bond donors (Lipinski definition) is 0. The predicted octanol–water partition coefficient (Wildman–Crippen LogP) is 4.76. The van der Waals surface area contributed by atoms with Crippen LogP contribution in [-0.4, -0.2) is 43.6 Å². The molecule has 0 spiro atoms. The van der Waals surface area contributed by atoms with E-state index in [0.717, 1.165) is 11.3 Å². The Morgan fingerprint density at radius 2 is 1.67 bits per heavy atom. The summed E-state index contributed by atoms with van der Waals surface area (Å²) in [4.78, 5) is 13.5. The van der Waals surface area contributed by atoms with E-state index in [9.17, 15) is 13.2 Å². The van der Waals surface area contributed by atoms with Gasteiger partial charge in [0.25, 0.3) is 15.3 Å². The first kappa shape index (κ1) is 22.1. The van der Waals surface area contributed by atoms with Gasteiger partial charge in [-0.3, -0.25) is 4.79 Å². The van der Waals surface area contributed by atoms with Gasteiger partial charge in [0.15, 0.2) is 0 Å². The molecule has 3 aromatic rings. The molecule has 156 valence electrons. The van der Waals surface area contributed by atoms with Gasteiger partial charge in [-0.15, -0.1) is 4.40 Å². The number of carbonyl (C=O) groups excluding carboxylic acids is 1. The van der Waals surface area contributed by atoms with Crippen molar-refractivity contribution in [1.82, 2.24) is 9.47 Å². The summed E-state index contributed by atoms with van der Waals surface area (Å²) in [5.41, 5.74) is 3.25. The predicted molar refractivity (Wildman–Crippen MR) is 121 cm³/mol. The topological polar surface area (TPSA) is 71.7 Å². The maximum Gasteiger partial charge on any atom is 0.283 e. The first-order chi connectivity index (χ1) is 14.1. The molecular formula is C21H19Cl2N3O3S. The van der Waals surface area contributed by atoms with Crippen molar-refractivity contribution in [2.24, 2.45) is 4.40 Å². The lowest BCUT2D eigenvalue weighted by atomic mass is 10.1.